The summed E-state index contributed by atoms with van der Waals surface area (Å²) < 4.78 is 2.45. The molecule has 13 aromatic rings. The van der Waals surface area contributed by atoms with Gasteiger partial charge in [-0.2, -0.15) is 0 Å². The highest BCUT2D eigenvalue weighted by molar-refractivity contribution is 6.10. The Morgan fingerprint density at radius 3 is 1.35 bits per heavy atom. The first-order valence-corrected chi connectivity index (χ1v) is 28.5. The van der Waals surface area contributed by atoms with Gasteiger partial charge in [-0.15, -0.1) is 0 Å². The van der Waals surface area contributed by atoms with E-state index in [1.54, 1.807) is 0 Å². The lowest BCUT2D eigenvalue weighted by molar-refractivity contribution is 0.350. The van der Waals surface area contributed by atoms with Gasteiger partial charge in [0.25, 0.3) is 0 Å². The lowest BCUT2D eigenvalue weighted by atomic mass is 9.68. The molecule has 3 unspecified atom stereocenters. The van der Waals surface area contributed by atoms with Crippen LogP contribution in [0.5, 0.6) is 0 Å². The molecular weight excluding hydrogens is 967 g/mol. The smallest absolute Gasteiger partial charge is 0.0561 e. The van der Waals surface area contributed by atoms with Crippen molar-refractivity contribution < 1.29 is 0 Å². The molecule has 0 radical (unpaired) electrons. The van der Waals surface area contributed by atoms with E-state index in [0.29, 0.717) is 11.8 Å². The molecule has 1 saturated carbocycles. The Balaban J connectivity index is 0.856. The highest BCUT2D eigenvalue weighted by Crippen LogP contribution is 2.69. The Morgan fingerprint density at radius 2 is 0.762 bits per heavy atom. The summed E-state index contributed by atoms with van der Waals surface area (Å²) in [6, 6.07) is 106. The number of rotatable bonds is 10. The minimum atomic E-state index is -0.197. The van der Waals surface area contributed by atoms with Crippen LogP contribution in [0.15, 0.2) is 285 Å². The van der Waals surface area contributed by atoms with Gasteiger partial charge in [0.2, 0.25) is 0 Å². The van der Waals surface area contributed by atoms with Crippen LogP contribution in [-0.2, 0) is 18.3 Å². The number of hydrogen-bond donors (Lipinski definition) is 0. The zero-order valence-corrected chi connectivity index (χ0v) is 44.5. The second kappa shape index (κ2) is 18.8. The highest BCUT2D eigenvalue weighted by atomic mass is 15.2. The van der Waals surface area contributed by atoms with E-state index in [1.807, 2.05) is 0 Å². The number of nitrogens with zero attached hydrogens (tertiary/aromatic N) is 3. The van der Waals surface area contributed by atoms with E-state index in [4.69, 9.17) is 0 Å². The summed E-state index contributed by atoms with van der Waals surface area (Å²) in [4.78, 5) is 5.16. The molecule has 1 heterocycles. The van der Waals surface area contributed by atoms with Crippen LogP contribution in [0.1, 0.15) is 35.1 Å². The van der Waals surface area contributed by atoms with E-state index < -0.39 is 0 Å². The molecule has 0 bridgehead atoms. The monoisotopic (exact) mass is 1020 g/mol. The molecule has 380 valence electrons. The molecule has 0 aliphatic heterocycles. The topological polar surface area (TPSA) is 11.4 Å². The average molecular weight is 1020 g/mol. The Bertz CT molecular complexity index is 4460. The first kappa shape index (κ1) is 46.4. The summed E-state index contributed by atoms with van der Waals surface area (Å²) in [6.45, 7) is 0. The van der Waals surface area contributed by atoms with Crippen molar-refractivity contribution in [3.63, 3.8) is 0 Å². The third-order valence-corrected chi connectivity index (χ3v) is 18.2. The molecule has 3 heteroatoms. The van der Waals surface area contributed by atoms with E-state index in [2.05, 4.69) is 299 Å². The van der Waals surface area contributed by atoms with Crippen molar-refractivity contribution in [3.05, 3.63) is 307 Å². The van der Waals surface area contributed by atoms with Crippen LogP contribution < -0.4 is 9.80 Å². The van der Waals surface area contributed by atoms with Gasteiger partial charge in [-0.05, 0) is 195 Å². The maximum absolute atomic E-state index is 2.59. The SMILES string of the molecule is c1ccc(-c2ccc(-c3cc4ccccc4cc3-c3ccc(N(c4ccccc4)c4cccc5c4C46c7c(cccc7N(c7ccccc7)c7ccc8c9ccccc9n(-c9ccccc9)c8c7)CC4CCC6C5)cc3)cc2)cc1. The van der Waals surface area contributed by atoms with Crippen molar-refractivity contribution in [1.82, 2.24) is 4.57 Å². The van der Waals surface area contributed by atoms with Crippen LogP contribution in [0.3, 0.4) is 0 Å². The zero-order valence-electron chi connectivity index (χ0n) is 44.5. The zero-order chi connectivity index (χ0) is 52.7. The van der Waals surface area contributed by atoms with E-state index >= 15 is 0 Å². The molecule has 80 heavy (non-hydrogen) atoms. The first-order chi connectivity index (χ1) is 39.7. The lowest BCUT2D eigenvalue weighted by Gasteiger charge is -2.40. The molecule has 16 rings (SSSR count). The van der Waals surface area contributed by atoms with Gasteiger partial charge in [-0.25, -0.2) is 0 Å². The normalized spacial score (nSPS) is 16.9. The van der Waals surface area contributed by atoms with Crippen LogP contribution in [-0.4, -0.2) is 4.57 Å². The standard InChI is InChI=1S/C77H57N3/c1-5-19-52(20-6-1)53-35-37-54(38-36-53)69-49-56-21-13-14-22-57(56)50-70(69)55-39-43-65(44-40-55)78(62-25-7-2-8-26-62)72-33-17-23-58-47-60-41-42-61-48-59-24-18-34-73(76(59)77(60,61)75(58)72)79(63-27-9-3-10-28-63)66-45-46-68-67-31-15-16-32-71(67)80(74(68)51-66)64-29-11-4-12-30-64/h1-40,43-46,49-51,60-61H,41-42,47-48H2. The predicted molar refractivity (Wildman–Crippen MR) is 335 cm³/mol. The second-order valence-electron chi connectivity index (χ2n) is 22.3. The Labute approximate surface area is 467 Å². The molecule has 12 aromatic carbocycles. The fraction of sp³-hybridized carbons (Fsp3) is 0.0909. The summed E-state index contributed by atoms with van der Waals surface area (Å²) in [6.07, 6.45) is 4.56. The number of aromatic nitrogens is 1. The Kier molecular flexibility index (Phi) is 10.9. The third kappa shape index (κ3) is 7.27. The molecule has 3 nitrogen and oxygen atoms in total. The fourth-order valence-electron chi connectivity index (χ4n) is 15.0. The largest absolute Gasteiger partial charge is 0.310 e. The van der Waals surface area contributed by atoms with Crippen molar-refractivity contribution in [1.29, 1.82) is 0 Å². The molecule has 3 atom stereocenters. The molecule has 0 saturated heterocycles. The number of fused-ring (bicyclic) bond motifs is 6. The molecule has 0 amide bonds. The molecule has 1 spiro atoms. The van der Waals surface area contributed by atoms with Gasteiger partial charge < -0.3 is 14.4 Å². The maximum Gasteiger partial charge on any atom is 0.0561 e. The number of benzene rings is 12. The van der Waals surface area contributed by atoms with Crippen LogP contribution in [0.4, 0.5) is 34.1 Å². The quantitative estimate of drug-likeness (QED) is 0.135. The Hall–Kier alpha value is -9.70. The van der Waals surface area contributed by atoms with Gasteiger partial charge in [-0.3, -0.25) is 0 Å². The van der Waals surface area contributed by atoms with E-state index in [1.165, 1.54) is 112 Å². The van der Waals surface area contributed by atoms with Gasteiger partial charge >= 0.3 is 0 Å². The van der Waals surface area contributed by atoms with Crippen LogP contribution in [0, 0.1) is 11.8 Å². The average Bonchev–Trinajstić information content (AvgIpc) is 4.45. The van der Waals surface area contributed by atoms with E-state index in [-0.39, 0.29) is 5.41 Å². The number of anilines is 6. The minimum Gasteiger partial charge on any atom is -0.310 e. The van der Waals surface area contributed by atoms with Gasteiger partial charge in [0, 0.05) is 44.6 Å². The lowest BCUT2D eigenvalue weighted by Crippen LogP contribution is -2.34. The molecule has 1 fully saturated rings. The number of para-hydroxylation sites is 4. The predicted octanol–water partition coefficient (Wildman–Crippen LogP) is 20.3. The van der Waals surface area contributed by atoms with E-state index in [0.717, 1.165) is 41.3 Å². The van der Waals surface area contributed by atoms with Crippen molar-refractivity contribution >= 4 is 66.7 Å². The van der Waals surface area contributed by atoms with Crippen molar-refractivity contribution in [3.8, 4) is 39.1 Å². The third-order valence-electron chi connectivity index (χ3n) is 18.2. The van der Waals surface area contributed by atoms with E-state index in [9.17, 15) is 0 Å². The molecule has 3 aliphatic rings. The molecule has 3 aliphatic carbocycles. The van der Waals surface area contributed by atoms with Gasteiger partial charge in [0.1, 0.15) is 0 Å². The fourth-order valence-corrected chi connectivity index (χ4v) is 15.0. The summed E-state index contributed by atoms with van der Waals surface area (Å²) in [5.74, 6) is 0.944. The molecule has 0 N–H and O–H groups in total. The summed E-state index contributed by atoms with van der Waals surface area (Å²) in [5, 5.41) is 4.99. The van der Waals surface area contributed by atoms with Gasteiger partial charge in [0.05, 0.1) is 22.4 Å². The first-order valence-electron chi connectivity index (χ1n) is 28.5. The van der Waals surface area contributed by atoms with Crippen LogP contribution >= 0.6 is 0 Å². The second-order valence-corrected chi connectivity index (χ2v) is 22.3. The minimum absolute atomic E-state index is 0.197. The summed E-state index contributed by atoms with van der Waals surface area (Å²) in [7, 11) is 0. The summed E-state index contributed by atoms with van der Waals surface area (Å²) >= 11 is 0. The van der Waals surface area contributed by atoms with Crippen molar-refractivity contribution in [2.24, 2.45) is 11.8 Å². The summed E-state index contributed by atoms with van der Waals surface area (Å²) in [5.41, 5.74) is 23.8. The number of hydrogen-bond acceptors (Lipinski definition) is 2. The maximum atomic E-state index is 2.59. The molecule has 1 aromatic heterocycles. The van der Waals surface area contributed by atoms with Crippen LogP contribution in [0.25, 0.3) is 71.6 Å². The molecular formula is C77H57N3. The van der Waals surface area contributed by atoms with Crippen molar-refractivity contribution in [2.45, 2.75) is 31.1 Å². The van der Waals surface area contributed by atoms with Crippen LogP contribution in [0.2, 0.25) is 0 Å². The van der Waals surface area contributed by atoms with Crippen molar-refractivity contribution in [2.75, 3.05) is 9.80 Å². The highest BCUT2D eigenvalue weighted by Gasteiger charge is 2.62. The Morgan fingerprint density at radius 1 is 0.325 bits per heavy atom. The van der Waals surface area contributed by atoms with Gasteiger partial charge in [-0.1, -0.05) is 194 Å². The van der Waals surface area contributed by atoms with Gasteiger partial charge in [0.15, 0.2) is 0 Å².